The quantitative estimate of drug-likeness (QED) is 0.802. The molecule has 0 bridgehead atoms. The van der Waals surface area contributed by atoms with Crippen molar-refractivity contribution in [2.45, 2.75) is 40.3 Å². The number of hydrogen-bond acceptors (Lipinski definition) is 3. The molecule has 126 valence electrons. The van der Waals surface area contributed by atoms with E-state index in [0.29, 0.717) is 12.2 Å². The molecule has 3 aromatic heterocycles. The van der Waals surface area contributed by atoms with E-state index in [2.05, 4.69) is 36.1 Å². The normalized spacial score (nSPS) is 13.2. The second kappa shape index (κ2) is 6.11. The van der Waals surface area contributed by atoms with Crippen LogP contribution in [0.1, 0.15) is 36.8 Å². The van der Waals surface area contributed by atoms with Crippen LogP contribution < -0.4 is 5.32 Å². The molecule has 0 unspecified atom stereocenters. The summed E-state index contributed by atoms with van der Waals surface area (Å²) in [5.41, 5.74) is 2.24. The smallest absolute Gasteiger partial charge is 0.271 e. The minimum absolute atomic E-state index is 0.0363. The van der Waals surface area contributed by atoms with E-state index in [4.69, 9.17) is 0 Å². The summed E-state index contributed by atoms with van der Waals surface area (Å²) in [6.45, 7) is 9.02. The van der Waals surface area contributed by atoms with E-state index in [1.807, 2.05) is 40.4 Å². The van der Waals surface area contributed by atoms with Crippen molar-refractivity contribution in [1.29, 1.82) is 0 Å². The first-order valence-corrected chi connectivity index (χ1v) is 8.05. The van der Waals surface area contributed by atoms with E-state index in [9.17, 15) is 4.79 Å². The second-order valence-electron chi connectivity index (χ2n) is 7.25. The molecule has 0 spiro atoms. The molecule has 24 heavy (non-hydrogen) atoms. The molecular formula is C18H23N5O. The minimum atomic E-state index is -0.156. The van der Waals surface area contributed by atoms with Gasteiger partial charge in [0.05, 0.1) is 12.4 Å². The van der Waals surface area contributed by atoms with Gasteiger partial charge in [0.2, 0.25) is 0 Å². The Morgan fingerprint density at radius 1 is 1.29 bits per heavy atom. The van der Waals surface area contributed by atoms with Crippen LogP contribution in [0.25, 0.3) is 5.65 Å². The molecule has 0 radical (unpaired) electrons. The lowest BCUT2D eigenvalue weighted by molar-refractivity contribution is 0.0888. The van der Waals surface area contributed by atoms with E-state index in [0.717, 1.165) is 11.2 Å². The van der Waals surface area contributed by atoms with Gasteiger partial charge in [-0.1, -0.05) is 26.8 Å². The number of aromatic nitrogens is 4. The summed E-state index contributed by atoms with van der Waals surface area (Å²) in [5.74, 6) is -0.156. The lowest BCUT2D eigenvalue weighted by Gasteiger charge is -2.31. The van der Waals surface area contributed by atoms with Gasteiger partial charge in [-0.3, -0.25) is 4.79 Å². The molecule has 0 fully saturated rings. The summed E-state index contributed by atoms with van der Waals surface area (Å²) < 4.78 is 3.86. The summed E-state index contributed by atoms with van der Waals surface area (Å²) in [6.07, 6.45) is 9.14. The molecular weight excluding hydrogens is 302 g/mol. The van der Waals surface area contributed by atoms with E-state index >= 15 is 0 Å². The van der Waals surface area contributed by atoms with E-state index in [-0.39, 0.29) is 17.4 Å². The molecule has 0 saturated carbocycles. The molecule has 1 atom stereocenters. The number of hydrogen-bond donors (Lipinski definition) is 1. The Bertz CT molecular complexity index is 842. The number of carbonyl (C=O) groups is 1. The van der Waals surface area contributed by atoms with Crippen molar-refractivity contribution < 1.29 is 4.79 Å². The topological polar surface area (TPSA) is 64.2 Å². The molecule has 3 rings (SSSR count). The van der Waals surface area contributed by atoms with Crippen LogP contribution in [0.15, 0.2) is 43.2 Å². The standard InChI is InChI=1S/C18H23N5O/c1-13-5-6-16-20-14(10-23(16)9-13)17(24)21-15(18(2,3)4)11-22-8-7-19-12-22/h5-10,12,15H,11H2,1-4H3,(H,21,24)/t15-/m0/s1. The molecule has 0 aliphatic heterocycles. The Morgan fingerprint density at radius 2 is 2.08 bits per heavy atom. The highest BCUT2D eigenvalue weighted by atomic mass is 16.2. The third-order valence-electron chi connectivity index (χ3n) is 4.13. The van der Waals surface area contributed by atoms with Gasteiger partial charge >= 0.3 is 0 Å². The molecule has 1 amide bonds. The summed E-state index contributed by atoms with van der Waals surface area (Å²) in [6, 6.07) is 3.87. The van der Waals surface area contributed by atoms with Crippen LogP contribution in [0.2, 0.25) is 0 Å². The van der Waals surface area contributed by atoms with Gasteiger partial charge in [0, 0.05) is 31.3 Å². The lowest BCUT2D eigenvalue weighted by Crippen LogP contribution is -2.46. The molecule has 6 nitrogen and oxygen atoms in total. The summed E-state index contributed by atoms with van der Waals surface area (Å²) in [5, 5.41) is 3.12. The number of amides is 1. The predicted octanol–water partition coefficient (Wildman–Crippen LogP) is 2.68. The number of rotatable bonds is 4. The van der Waals surface area contributed by atoms with Gasteiger partial charge in [-0.2, -0.15) is 0 Å². The monoisotopic (exact) mass is 325 g/mol. The highest BCUT2D eigenvalue weighted by Gasteiger charge is 2.27. The Balaban J connectivity index is 1.81. The number of fused-ring (bicyclic) bond motifs is 1. The van der Waals surface area contributed by atoms with Crippen LogP contribution in [-0.2, 0) is 6.54 Å². The second-order valence-corrected chi connectivity index (χ2v) is 7.25. The number of pyridine rings is 1. The number of aryl methyl sites for hydroxylation is 1. The maximum atomic E-state index is 12.7. The fourth-order valence-corrected chi connectivity index (χ4v) is 2.59. The average molecular weight is 325 g/mol. The maximum absolute atomic E-state index is 12.7. The van der Waals surface area contributed by atoms with Crippen molar-refractivity contribution in [1.82, 2.24) is 24.3 Å². The molecule has 0 aliphatic rings. The zero-order valence-corrected chi connectivity index (χ0v) is 14.5. The molecule has 3 aromatic rings. The Morgan fingerprint density at radius 3 is 2.75 bits per heavy atom. The lowest BCUT2D eigenvalue weighted by atomic mass is 9.86. The van der Waals surface area contributed by atoms with Crippen LogP contribution in [0, 0.1) is 12.3 Å². The fraction of sp³-hybridized carbons (Fsp3) is 0.389. The number of nitrogens with zero attached hydrogens (tertiary/aromatic N) is 4. The van der Waals surface area contributed by atoms with Gasteiger partial charge < -0.3 is 14.3 Å². The van der Waals surface area contributed by atoms with E-state index in [1.54, 1.807) is 18.7 Å². The Kier molecular flexibility index (Phi) is 4.13. The number of nitrogens with one attached hydrogen (secondary N) is 1. The van der Waals surface area contributed by atoms with Crippen molar-refractivity contribution in [2.75, 3.05) is 0 Å². The summed E-state index contributed by atoms with van der Waals surface area (Å²) in [4.78, 5) is 21.2. The van der Waals surface area contributed by atoms with Gasteiger partial charge in [0.25, 0.3) is 5.91 Å². The van der Waals surface area contributed by atoms with Crippen LogP contribution in [0.4, 0.5) is 0 Å². The third kappa shape index (κ3) is 3.48. The van der Waals surface area contributed by atoms with Crippen molar-refractivity contribution >= 4 is 11.6 Å². The van der Waals surface area contributed by atoms with Crippen molar-refractivity contribution in [2.24, 2.45) is 5.41 Å². The van der Waals surface area contributed by atoms with Crippen molar-refractivity contribution in [3.8, 4) is 0 Å². The van der Waals surface area contributed by atoms with E-state index in [1.165, 1.54) is 0 Å². The fourth-order valence-electron chi connectivity index (χ4n) is 2.59. The zero-order valence-electron chi connectivity index (χ0n) is 14.5. The average Bonchev–Trinajstić information content (AvgIpc) is 3.13. The highest BCUT2D eigenvalue weighted by Crippen LogP contribution is 2.21. The third-order valence-corrected chi connectivity index (χ3v) is 4.13. The first kappa shape index (κ1) is 16.2. The number of carbonyl (C=O) groups excluding carboxylic acids is 1. The Hall–Kier alpha value is -2.63. The largest absolute Gasteiger partial charge is 0.346 e. The first-order valence-electron chi connectivity index (χ1n) is 8.05. The van der Waals surface area contributed by atoms with Crippen LogP contribution in [-0.4, -0.2) is 30.9 Å². The minimum Gasteiger partial charge on any atom is -0.346 e. The molecule has 0 saturated heterocycles. The molecule has 3 heterocycles. The van der Waals surface area contributed by atoms with Gasteiger partial charge in [-0.05, 0) is 24.0 Å². The Labute approximate surface area is 141 Å². The zero-order chi connectivity index (χ0) is 17.3. The maximum Gasteiger partial charge on any atom is 0.271 e. The first-order chi connectivity index (χ1) is 11.3. The number of imidazole rings is 2. The van der Waals surface area contributed by atoms with E-state index < -0.39 is 0 Å². The van der Waals surface area contributed by atoms with Crippen molar-refractivity contribution in [3.05, 3.63) is 54.5 Å². The molecule has 6 heteroatoms. The van der Waals surface area contributed by atoms with Crippen LogP contribution in [0.3, 0.4) is 0 Å². The predicted molar refractivity (Wildman–Crippen MR) is 92.9 cm³/mol. The van der Waals surface area contributed by atoms with Crippen LogP contribution >= 0.6 is 0 Å². The van der Waals surface area contributed by atoms with Gasteiger partial charge in [-0.15, -0.1) is 0 Å². The van der Waals surface area contributed by atoms with Crippen molar-refractivity contribution in [3.63, 3.8) is 0 Å². The van der Waals surface area contributed by atoms with Gasteiger partial charge in [-0.25, -0.2) is 9.97 Å². The molecule has 1 N–H and O–H groups in total. The van der Waals surface area contributed by atoms with Gasteiger partial charge in [0.15, 0.2) is 0 Å². The SMILES string of the molecule is Cc1ccc2nc(C(=O)N[C@@H](Cn3ccnc3)C(C)(C)C)cn2c1. The molecule has 0 aliphatic carbocycles. The summed E-state index contributed by atoms with van der Waals surface area (Å²) in [7, 11) is 0. The molecule has 0 aromatic carbocycles. The van der Waals surface area contributed by atoms with Crippen LogP contribution in [0.5, 0.6) is 0 Å². The van der Waals surface area contributed by atoms with Gasteiger partial charge in [0.1, 0.15) is 11.3 Å². The highest BCUT2D eigenvalue weighted by molar-refractivity contribution is 5.93. The summed E-state index contributed by atoms with van der Waals surface area (Å²) >= 11 is 0.